The van der Waals surface area contributed by atoms with Crippen LogP contribution in [0, 0.1) is 0 Å². The van der Waals surface area contributed by atoms with Crippen LogP contribution in [0.15, 0.2) is 0 Å². The fourth-order valence-electron chi connectivity index (χ4n) is 3.76. The van der Waals surface area contributed by atoms with E-state index in [9.17, 15) is 0 Å². The van der Waals surface area contributed by atoms with E-state index in [1.165, 1.54) is 122 Å². The molecule has 0 bridgehead atoms. The SMILES string of the molecule is CCCCCCN(CCCCCCCCCO)CCCCCCCCCO. The van der Waals surface area contributed by atoms with Crippen LogP contribution in [0.1, 0.15) is 122 Å². The Labute approximate surface area is 170 Å². The lowest BCUT2D eigenvalue weighted by molar-refractivity contribution is 0.253. The average Bonchev–Trinajstić information content (AvgIpc) is 2.68. The molecule has 0 atom stereocenters. The molecule has 0 aliphatic heterocycles. The molecule has 0 unspecified atom stereocenters. The van der Waals surface area contributed by atoms with Gasteiger partial charge in [0.1, 0.15) is 0 Å². The highest BCUT2D eigenvalue weighted by Crippen LogP contribution is 2.11. The molecule has 0 heterocycles. The quantitative estimate of drug-likeness (QED) is 0.202. The van der Waals surface area contributed by atoms with Gasteiger partial charge < -0.3 is 15.1 Å². The van der Waals surface area contributed by atoms with Gasteiger partial charge in [0.2, 0.25) is 0 Å². The monoisotopic (exact) mass is 385 g/mol. The maximum Gasteiger partial charge on any atom is 0.0431 e. The van der Waals surface area contributed by atoms with Crippen LogP contribution >= 0.6 is 0 Å². The van der Waals surface area contributed by atoms with Gasteiger partial charge >= 0.3 is 0 Å². The first-order chi connectivity index (χ1) is 13.3. The molecule has 3 heteroatoms. The zero-order chi connectivity index (χ0) is 19.8. The van der Waals surface area contributed by atoms with Crippen LogP contribution in [0.25, 0.3) is 0 Å². The number of aliphatic hydroxyl groups is 2. The molecule has 27 heavy (non-hydrogen) atoms. The van der Waals surface area contributed by atoms with Gasteiger partial charge in [-0.05, 0) is 51.7 Å². The lowest BCUT2D eigenvalue weighted by Crippen LogP contribution is -2.27. The van der Waals surface area contributed by atoms with E-state index >= 15 is 0 Å². The van der Waals surface area contributed by atoms with Crippen LogP contribution in [-0.2, 0) is 0 Å². The van der Waals surface area contributed by atoms with Gasteiger partial charge in [-0.15, -0.1) is 0 Å². The highest BCUT2D eigenvalue weighted by atomic mass is 16.3. The van der Waals surface area contributed by atoms with Crippen molar-refractivity contribution in [3.8, 4) is 0 Å². The van der Waals surface area contributed by atoms with Crippen molar-refractivity contribution in [3.05, 3.63) is 0 Å². The summed E-state index contributed by atoms with van der Waals surface area (Å²) in [7, 11) is 0. The minimum atomic E-state index is 0.357. The molecular formula is C24H51NO2. The first kappa shape index (κ1) is 26.9. The van der Waals surface area contributed by atoms with Crippen molar-refractivity contribution in [2.24, 2.45) is 0 Å². The largest absolute Gasteiger partial charge is 0.396 e. The zero-order valence-electron chi connectivity index (χ0n) is 18.6. The van der Waals surface area contributed by atoms with Crippen molar-refractivity contribution in [2.75, 3.05) is 32.8 Å². The fraction of sp³-hybridized carbons (Fsp3) is 1.00. The molecule has 0 aromatic heterocycles. The molecule has 3 nitrogen and oxygen atoms in total. The van der Waals surface area contributed by atoms with Crippen LogP contribution in [0.5, 0.6) is 0 Å². The lowest BCUT2D eigenvalue weighted by Gasteiger charge is -2.22. The van der Waals surface area contributed by atoms with Gasteiger partial charge in [-0.3, -0.25) is 0 Å². The Hall–Kier alpha value is -0.120. The fourth-order valence-corrected chi connectivity index (χ4v) is 3.76. The zero-order valence-corrected chi connectivity index (χ0v) is 18.6. The van der Waals surface area contributed by atoms with Crippen LogP contribution in [0.3, 0.4) is 0 Å². The van der Waals surface area contributed by atoms with E-state index in [0.717, 1.165) is 12.8 Å². The molecule has 0 aromatic rings. The second-order valence-corrected chi connectivity index (χ2v) is 8.30. The smallest absolute Gasteiger partial charge is 0.0431 e. The van der Waals surface area contributed by atoms with E-state index < -0.39 is 0 Å². The van der Waals surface area contributed by atoms with Gasteiger partial charge in [0.25, 0.3) is 0 Å². The van der Waals surface area contributed by atoms with Gasteiger partial charge in [-0.2, -0.15) is 0 Å². The molecule has 0 aliphatic rings. The van der Waals surface area contributed by atoms with Crippen molar-refractivity contribution >= 4 is 0 Å². The summed E-state index contributed by atoms with van der Waals surface area (Å²) in [4.78, 5) is 2.73. The predicted octanol–water partition coefficient (Wildman–Crippen LogP) is 6.31. The van der Waals surface area contributed by atoms with E-state index in [4.69, 9.17) is 10.2 Å². The topological polar surface area (TPSA) is 43.7 Å². The Kier molecular flexibility index (Phi) is 23.8. The van der Waals surface area contributed by atoms with Gasteiger partial charge in [0, 0.05) is 13.2 Å². The number of nitrogens with zero attached hydrogens (tertiary/aromatic N) is 1. The summed E-state index contributed by atoms with van der Waals surface area (Å²) in [5, 5.41) is 17.6. The number of hydrogen-bond donors (Lipinski definition) is 2. The van der Waals surface area contributed by atoms with Crippen LogP contribution in [0.4, 0.5) is 0 Å². The third-order valence-electron chi connectivity index (χ3n) is 5.59. The van der Waals surface area contributed by atoms with Crippen molar-refractivity contribution in [2.45, 2.75) is 122 Å². The summed E-state index contributed by atoms with van der Waals surface area (Å²) in [6, 6.07) is 0. The van der Waals surface area contributed by atoms with E-state index in [0.29, 0.717) is 13.2 Å². The first-order valence-corrected chi connectivity index (χ1v) is 12.3. The minimum absolute atomic E-state index is 0.357. The molecule has 0 saturated heterocycles. The van der Waals surface area contributed by atoms with Crippen molar-refractivity contribution in [3.63, 3.8) is 0 Å². The number of hydrogen-bond acceptors (Lipinski definition) is 3. The van der Waals surface area contributed by atoms with E-state index in [1.807, 2.05) is 0 Å². The summed E-state index contributed by atoms with van der Waals surface area (Å²) in [5.74, 6) is 0. The summed E-state index contributed by atoms with van der Waals surface area (Å²) in [5.41, 5.74) is 0. The Morgan fingerprint density at radius 1 is 0.407 bits per heavy atom. The van der Waals surface area contributed by atoms with Gasteiger partial charge in [-0.1, -0.05) is 90.4 Å². The number of unbranched alkanes of at least 4 members (excludes halogenated alkanes) is 15. The Morgan fingerprint density at radius 3 is 1.04 bits per heavy atom. The molecular weight excluding hydrogens is 334 g/mol. The van der Waals surface area contributed by atoms with E-state index in [1.54, 1.807) is 0 Å². The highest BCUT2D eigenvalue weighted by Gasteiger charge is 2.05. The predicted molar refractivity (Wildman–Crippen MR) is 119 cm³/mol. The molecule has 0 aliphatic carbocycles. The summed E-state index contributed by atoms with van der Waals surface area (Å²) in [6.07, 6.45) is 23.3. The molecule has 0 rings (SSSR count). The minimum Gasteiger partial charge on any atom is -0.396 e. The molecule has 0 radical (unpaired) electrons. The molecule has 0 amide bonds. The third kappa shape index (κ3) is 22.0. The Bertz CT molecular complexity index is 241. The van der Waals surface area contributed by atoms with Gasteiger partial charge in [0.15, 0.2) is 0 Å². The molecule has 2 N–H and O–H groups in total. The van der Waals surface area contributed by atoms with Crippen LogP contribution in [-0.4, -0.2) is 48.0 Å². The second kappa shape index (κ2) is 23.9. The van der Waals surface area contributed by atoms with E-state index in [-0.39, 0.29) is 0 Å². The maximum absolute atomic E-state index is 8.81. The van der Waals surface area contributed by atoms with Crippen molar-refractivity contribution < 1.29 is 10.2 Å². The number of rotatable bonds is 23. The number of aliphatic hydroxyl groups excluding tert-OH is 2. The standard InChI is InChI=1S/C24H51NO2/c1-2-3-4-15-20-25(21-16-11-7-5-9-13-18-23-26)22-17-12-8-6-10-14-19-24-27/h26-27H,2-24H2,1H3. The van der Waals surface area contributed by atoms with E-state index in [2.05, 4.69) is 11.8 Å². The molecule has 164 valence electrons. The Morgan fingerprint density at radius 2 is 0.704 bits per heavy atom. The molecule has 0 spiro atoms. The third-order valence-corrected chi connectivity index (χ3v) is 5.59. The average molecular weight is 386 g/mol. The first-order valence-electron chi connectivity index (χ1n) is 12.3. The summed E-state index contributed by atoms with van der Waals surface area (Å²) in [6.45, 7) is 6.88. The molecule has 0 fully saturated rings. The van der Waals surface area contributed by atoms with Crippen LogP contribution in [0.2, 0.25) is 0 Å². The van der Waals surface area contributed by atoms with Gasteiger partial charge in [-0.25, -0.2) is 0 Å². The van der Waals surface area contributed by atoms with Crippen molar-refractivity contribution in [1.82, 2.24) is 4.90 Å². The lowest BCUT2D eigenvalue weighted by atomic mass is 10.1. The molecule has 0 saturated carbocycles. The van der Waals surface area contributed by atoms with Gasteiger partial charge in [0.05, 0.1) is 0 Å². The normalized spacial score (nSPS) is 11.6. The maximum atomic E-state index is 8.81. The highest BCUT2D eigenvalue weighted by molar-refractivity contribution is 4.60. The van der Waals surface area contributed by atoms with Crippen LogP contribution < -0.4 is 0 Å². The summed E-state index contributed by atoms with van der Waals surface area (Å²) >= 11 is 0. The molecule has 0 aromatic carbocycles. The summed E-state index contributed by atoms with van der Waals surface area (Å²) < 4.78 is 0. The van der Waals surface area contributed by atoms with Crippen molar-refractivity contribution in [1.29, 1.82) is 0 Å². The second-order valence-electron chi connectivity index (χ2n) is 8.30. The Balaban J connectivity index is 3.70.